The number of carboxylic acid groups (broad SMARTS) is 2. The zero-order chi connectivity index (χ0) is 11.2. The van der Waals surface area contributed by atoms with E-state index >= 15 is 0 Å². The van der Waals surface area contributed by atoms with Crippen LogP contribution in [0.4, 0.5) is 0 Å². The molecule has 80 valence electrons. The summed E-state index contributed by atoms with van der Waals surface area (Å²) in [4.78, 5) is 20.9. The predicted octanol–water partition coefficient (Wildman–Crippen LogP) is -0.761. The highest BCUT2D eigenvalue weighted by Crippen LogP contribution is 2.27. The number of hydrogen-bond donors (Lipinski definition) is 0. The van der Waals surface area contributed by atoms with E-state index in [0.717, 1.165) is 0 Å². The van der Waals surface area contributed by atoms with Crippen molar-refractivity contribution in [3.8, 4) is 0 Å². The van der Waals surface area contributed by atoms with Gasteiger partial charge in [-0.1, -0.05) is 26.0 Å². The Morgan fingerprint density at radius 1 is 1.21 bits per heavy atom. The van der Waals surface area contributed by atoms with Crippen LogP contribution in [0.2, 0.25) is 0 Å². The Bertz CT molecular complexity index is 239. The quantitative estimate of drug-likeness (QED) is 0.525. The zero-order valence-electron chi connectivity index (χ0n) is 8.41. The van der Waals surface area contributed by atoms with Crippen molar-refractivity contribution in [2.45, 2.75) is 33.1 Å². The molecule has 0 aromatic carbocycles. The van der Waals surface area contributed by atoms with Gasteiger partial charge in [-0.15, -0.1) is 0 Å². The molecule has 0 saturated heterocycles. The van der Waals surface area contributed by atoms with Crippen LogP contribution in [0.25, 0.3) is 0 Å². The van der Waals surface area contributed by atoms with Gasteiger partial charge in [0.05, 0.1) is 5.97 Å². The Hall–Kier alpha value is -1.32. The fraction of sp³-hybridized carbons (Fsp3) is 0.600. The Labute approximate surface area is 83.2 Å². The summed E-state index contributed by atoms with van der Waals surface area (Å²) in [5, 5.41) is 20.9. The molecular formula is C10H14O4-2. The predicted molar refractivity (Wildman–Crippen MR) is 46.8 cm³/mol. The number of carboxylic acids is 2. The van der Waals surface area contributed by atoms with Crippen molar-refractivity contribution in [1.29, 1.82) is 0 Å². The van der Waals surface area contributed by atoms with E-state index < -0.39 is 17.4 Å². The minimum Gasteiger partial charge on any atom is -0.550 e. The zero-order valence-corrected chi connectivity index (χ0v) is 8.41. The van der Waals surface area contributed by atoms with Gasteiger partial charge in [0.2, 0.25) is 0 Å². The van der Waals surface area contributed by atoms with E-state index in [2.05, 4.69) is 0 Å². The molecule has 14 heavy (non-hydrogen) atoms. The molecule has 0 aliphatic carbocycles. The Morgan fingerprint density at radius 3 is 2.00 bits per heavy atom. The Morgan fingerprint density at radius 2 is 1.71 bits per heavy atom. The average Bonchev–Trinajstić information content (AvgIpc) is 2.12. The minimum atomic E-state index is -1.22. The van der Waals surface area contributed by atoms with E-state index in [1.165, 1.54) is 12.2 Å². The molecule has 0 heterocycles. The summed E-state index contributed by atoms with van der Waals surface area (Å²) < 4.78 is 0. The molecule has 0 atom stereocenters. The molecule has 0 fully saturated rings. The maximum Gasteiger partial charge on any atom is 0.0513 e. The maximum atomic E-state index is 10.8. The maximum absolute atomic E-state index is 10.8. The molecule has 0 unspecified atom stereocenters. The molecule has 0 aromatic heterocycles. The Kier molecular flexibility index (Phi) is 4.91. The highest BCUT2D eigenvalue weighted by atomic mass is 16.4. The van der Waals surface area contributed by atoms with Crippen molar-refractivity contribution >= 4 is 11.9 Å². The molecule has 0 aliphatic heterocycles. The van der Waals surface area contributed by atoms with Gasteiger partial charge in [-0.05, 0) is 12.8 Å². The Balaban J connectivity index is 4.58. The second kappa shape index (κ2) is 5.42. The SMILES string of the molecule is CCC(/C=C/CC(=O)[O-])(CC)C(=O)[O-]. The summed E-state index contributed by atoms with van der Waals surface area (Å²) in [5.41, 5.74) is -1.05. The van der Waals surface area contributed by atoms with E-state index in [1.54, 1.807) is 13.8 Å². The molecule has 4 heteroatoms. The molecule has 0 radical (unpaired) electrons. The van der Waals surface area contributed by atoms with Gasteiger partial charge < -0.3 is 19.8 Å². The summed E-state index contributed by atoms with van der Waals surface area (Å²) in [5.74, 6) is -2.39. The molecule has 0 bridgehead atoms. The van der Waals surface area contributed by atoms with Crippen molar-refractivity contribution < 1.29 is 19.8 Å². The van der Waals surface area contributed by atoms with Crippen molar-refractivity contribution in [3.05, 3.63) is 12.2 Å². The lowest BCUT2D eigenvalue weighted by atomic mass is 9.82. The second-order valence-corrected chi connectivity index (χ2v) is 3.13. The van der Waals surface area contributed by atoms with Crippen LogP contribution in [0.15, 0.2) is 12.2 Å². The molecule has 0 amide bonds. The van der Waals surface area contributed by atoms with Crippen LogP contribution < -0.4 is 10.2 Å². The summed E-state index contributed by atoms with van der Waals surface area (Å²) in [6.07, 6.45) is 3.19. The smallest absolute Gasteiger partial charge is 0.0513 e. The minimum absolute atomic E-state index is 0.269. The number of aliphatic carboxylic acids is 2. The second-order valence-electron chi connectivity index (χ2n) is 3.13. The number of rotatable bonds is 6. The first-order chi connectivity index (χ1) is 6.48. The monoisotopic (exact) mass is 198 g/mol. The molecule has 0 saturated carbocycles. The van der Waals surface area contributed by atoms with Crippen LogP contribution >= 0.6 is 0 Å². The summed E-state index contributed by atoms with van der Waals surface area (Å²) in [6, 6.07) is 0. The summed E-state index contributed by atoms with van der Waals surface area (Å²) >= 11 is 0. The van der Waals surface area contributed by atoms with Gasteiger partial charge in [-0.3, -0.25) is 0 Å². The van der Waals surface area contributed by atoms with Crippen LogP contribution in [-0.4, -0.2) is 11.9 Å². The van der Waals surface area contributed by atoms with E-state index in [-0.39, 0.29) is 6.42 Å². The largest absolute Gasteiger partial charge is 0.550 e. The van der Waals surface area contributed by atoms with Gasteiger partial charge in [0.25, 0.3) is 0 Å². The standard InChI is InChI=1S/C10H16O4/c1-3-10(4-2,9(13)14)7-5-6-8(11)12/h5,7H,3-4,6H2,1-2H3,(H,11,12)(H,13,14)/p-2/b7-5+. The van der Waals surface area contributed by atoms with Gasteiger partial charge in [0.1, 0.15) is 0 Å². The van der Waals surface area contributed by atoms with Crippen molar-refractivity contribution in [2.75, 3.05) is 0 Å². The molecule has 0 rings (SSSR count). The normalized spacial score (nSPS) is 11.9. The van der Waals surface area contributed by atoms with Crippen LogP contribution in [0.5, 0.6) is 0 Å². The van der Waals surface area contributed by atoms with E-state index in [9.17, 15) is 19.8 Å². The summed E-state index contributed by atoms with van der Waals surface area (Å²) in [7, 11) is 0. The third-order valence-corrected chi connectivity index (χ3v) is 2.39. The van der Waals surface area contributed by atoms with Gasteiger partial charge in [-0.2, -0.15) is 0 Å². The fourth-order valence-electron chi connectivity index (χ4n) is 1.22. The van der Waals surface area contributed by atoms with Gasteiger partial charge in [0.15, 0.2) is 0 Å². The highest BCUT2D eigenvalue weighted by Gasteiger charge is 2.23. The van der Waals surface area contributed by atoms with Gasteiger partial charge in [0, 0.05) is 17.8 Å². The lowest BCUT2D eigenvalue weighted by Gasteiger charge is -2.29. The lowest BCUT2D eigenvalue weighted by molar-refractivity contribution is -0.317. The first kappa shape index (κ1) is 12.7. The summed E-state index contributed by atoms with van der Waals surface area (Å²) in [6.45, 7) is 3.45. The molecule has 0 N–H and O–H groups in total. The van der Waals surface area contributed by atoms with Crippen LogP contribution in [0, 0.1) is 5.41 Å². The number of carbonyl (C=O) groups is 2. The topological polar surface area (TPSA) is 80.3 Å². The third-order valence-electron chi connectivity index (χ3n) is 2.39. The lowest BCUT2D eigenvalue weighted by Crippen LogP contribution is -2.40. The first-order valence-electron chi connectivity index (χ1n) is 4.57. The van der Waals surface area contributed by atoms with E-state index in [4.69, 9.17) is 0 Å². The number of hydrogen-bond acceptors (Lipinski definition) is 4. The van der Waals surface area contributed by atoms with E-state index in [1.807, 2.05) is 0 Å². The highest BCUT2D eigenvalue weighted by molar-refractivity contribution is 5.75. The van der Waals surface area contributed by atoms with Crippen molar-refractivity contribution in [3.63, 3.8) is 0 Å². The third kappa shape index (κ3) is 3.20. The molecule has 0 spiro atoms. The van der Waals surface area contributed by atoms with Gasteiger partial charge >= 0.3 is 0 Å². The van der Waals surface area contributed by atoms with Crippen LogP contribution in [-0.2, 0) is 9.59 Å². The fourth-order valence-corrected chi connectivity index (χ4v) is 1.22. The van der Waals surface area contributed by atoms with Crippen LogP contribution in [0.1, 0.15) is 33.1 Å². The van der Waals surface area contributed by atoms with Crippen LogP contribution in [0.3, 0.4) is 0 Å². The van der Waals surface area contributed by atoms with Crippen molar-refractivity contribution in [1.82, 2.24) is 0 Å². The first-order valence-corrected chi connectivity index (χ1v) is 4.57. The van der Waals surface area contributed by atoms with Crippen molar-refractivity contribution in [2.24, 2.45) is 5.41 Å². The average molecular weight is 198 g/mol. The van der Waals surface area contributed by atoms with E-state index in [0.29, 0.717) is 12.8 Å². The molecular weight excluding hydrogens is 184 g/mol. The molecule has 0 aromatic rings. The van der Waals surface area contributed by atoms with Gasteiger partial charge in [-0.25, -0.2) is 0 Å². The number of carbonyl (C=O) groups excluding carboxylic acids is 2. The molecule has 0 aliphatic rings. The molecule has 4 nitrogen and oxygen atoms in total.